The van der Waals surface area contributed by atoms with E-state index in [1.165, 1.54) is 0 Å². The van der Waals surface area contributed by atoms with Gasteiger partial charge >= 0.3 is 6.09 Å². The number of anilines is 3. The first kappa shape index (κ1) is 19.5. The van der Waals surface area contributed by atoms with E-state index in [9.17, 15) is 4.79 Å². The Hall–Kier alpha value is -3.21. The summed E-state index contributed by atoms with van der Waals surface area (Å²) in [6, 6.07) is 20.0. The zero-order valence-corrected chi connectivity index (χ0v) is 16.9. The smallest absolute Gasteiger partial charge is 0.410 e. The lowest BCUT2D eigenvalue weighted by Crippen LogP contribution is -2.33. The van der Waals surface area contributed by atoms with Gasteiger partial charge in [0.15, 0.2) is 0 Å². The third-order valence-electron chi connectivity index (χ3n) is 4.77. The second kappa shape index (κ2) is 8.65. The molecule has 0 radical (unpaired) electrons. The van der Waals surface area contributed by atoms with E-state index < -0.39 is 0 Å². The van der Waals surface area contributed by atoms with Crippen molar-refractivity contribution in [2.24, 2.45) is 0 Å². The molecule has 0 aromatic heterocycles. The molecule has 5 nitrogen and oxygen atoms in total. The van der Waals surface area contributed by atoms with E-state index in [1.54, 1.807) is 4.90 Å². The van der Waals surface area contributed by atoms with Crippen molar-refractivity contribution in [2.75, 3.05) is 37.4 Å². The van der Waals surface area contributed by atoms with Crippen LogP contribution < -0.4 is 15.0 Å². The topological polar surface area (TPSA) is 44.8 Å². The van der Waals surface area contributed by atoms with Gasteiger partial charge in [-0.15, -0.1) is 0 Å². The number of rotatable bonds is 6. The highest BCUT2D eigenvalue weighted by Gasteiger charge is 2.15. The highest BCUT2D eigenvalue weighted by molar-refractivity contribution is 6.00. The minimum Gasteiger partial charge on any atom is -0.410 e. The molecular formula is C23H27N3O2. The van der Waals surface area contributed by atoms with E-state index in [0.29, 0.717) is 18.8 Å². The van der Waals surface area contributed by atoms with Gasteiger partial charge in [0.1, 0.15) is 5.75 Å². The summed E-state index contributed by atoms with van der Waals surface area (Å²) in [5.41, 5.74) is 3.12. The first-order chi connectivity index (χ1) is 13.5. The van der Waals surface area contributed by atoms with Gasteiger partial charge in [-0.3, -0.25) is 0 Å². The van der Waals surface area contributed by atoms with E-state index in [4.69, 9.17) is 4.74 Å². The number of hydrogen-bond acceptors (Lipinski definition) is 4. The maximum Gasteiger partial charge on any atom is 0.415 e. The van der Waals surface area contributed by atoms with Gasteiger partial charge in [0.05, 0.1) is 0 Å². The third kappa shape index (κ3) is 4.19. The van der Waals surface area contributed by atoms with Crippen molar-refractivity contribution < 1.29 is 9.53 Å². The number of carbonyl (C=O) groups is 1. The Labute approximate surface area is 166 Å². The fourth-order valence-corrected chi connectivity index (χ4v) is 3.11. The van der Waals surface area contributed by atoms with Gasteiger partial charge in [-0.2, -0.15) is 0 Å². The average molecular weight is 377 g/mol. The summed E-state index contributed by atoms with van der Waals surface area (Å²) in [4.78, 5) is 16.1. The van der Waals surface area contributed by atoms with Gasteiger partial charge in [-0.1, -0.05) is 24.3 Å². The fraction of sp³-hybridized carbons (Fsp3) is 0.261. The molecule has 146 valence electrons. The molecule has 3 aromatic carbocycles. The Balaban J connectivity index is 1.90. The molecule has 0 atom stereocenters. The monoisotopic (exact) mass is 377 g/mol. The second-order valence-electron chi connectivity index (χ2n) is 6.76. The number of fused-ring (bicyclic) bond motifs is 1. The van der Waals surface area contributed by atoms with Crippen molar-refractivity contribution in [3.05, 3.63) is 60.7 Å². The van der Waals surface area contributed by atoms with Gasteiger partial charge in [0.2, 0.25) is 0 Å². The van der Waals surface area contributed by atoms with Gasteiger partial charge in [0.25, 0.3) is 0 Å². The first-order valence-electron chi connectivity index (χ1n) is 9.56. The molecule has 0 aliphatic carbocycles. The van der Waals surface area contributed by atoms with E-state index in [1.807, 2.05) is 64.3 Å². The molecule has 0 saturated carbocycles. The molecule has 0 unspecified atom stereocenters. The zero-order valence-electron chi connectivity index (χ0n) is 16.9. The van der Waals surface area contributed by atoms with Crippen molar-refractivity contribution in [3.8, 4) is 5.75 Å². The van der Waals surface area contributed by atoms with Crippen molar-refractivity contribution in [2.45, 2.75) is 13.8 Å². The fourth-order valence-electron chi connectivity index (χ4n) is 3.11. The summed E-state index contributed by atoms with van der Waals surface area (Å²) in [7, 11) is 4.04. The van der Waals surface area contributed by atoms with Crippen molar-refractivity contribution in [1.29, 1.82) is 0 Å². The summed E-state index contributed by atoms with van der Waals surface area (Å²) in [6.07, 6.45) is -0.324. The minimum absolute atomic E-state index is 0.324. The molecule has 0 saturated heterocycles. The Morgan fingerprint density at radius 1 is 0.893 bits per heavy atom. The third-order valence-corrected chi connectivity index (χ3v) is 4.77. The zero-order chi connectivity index (χ0) is 20.1. The van der Waals surface area contributed by atoms with Crippen LogP contribution in [0, 0.1) is 0 Å². The Morgan fingerprint density at radius 3 is 2.14 bits per heavy atom. The molecular weight excluding hydrogens is 350 g/mol. The van der Waals surface area contributed by atoms with E-state index in [-0.39, 0.29) is 6.09 Å². The van der Waals surface area contributed by atoms with Crippen LogP contribution in [0.25, 0.3) is 10.8 Å². The van der Waals surface area contributed by atoms with Crippen LogP contribution in [0.1, 0.15) is 13.8 Å². The predicted molar refractivity (Wildman–Crippen MR) is 117 cm³/mol. The molecule has 0 aliphatic heterocycles. The normalized spacial score (nSPS) is 10.6. The van der Waals surface area contributed by atoms with Gasteiger partial charge in [0, 0.05) is 55.0 Å². The number of nitrogens with one attached hydrogen (secondary N) is 1. The molecule has 1 amide bonds. The lowest BCUT2D eigenvalue weighted by Gasteiger charge is -2.19. The molecule has 5 heteroatoms. The van der Waals surface area contributed by atoms with Gasteiger partial charge < -0.3 is 19.9 Å². The largest absolute Gasteiger partial charge is 0.415 e. The number of carbonyl (C=O) groups excluding carboxylic acids is 1. The van der Waals surface area contributed by atoms with Crippen LogP contribution in [0.3, 0.4) is 0 Å². The number of ether oxygens (including phenoxy) is 1. The molecule has 28 heavy (non-hydrogen) atoms. The quantitative estimate of drug-likeness (QED) is 0.617. The molecule has 0 spiro atoms. The first-order valence-corrected chi connectivity index (χ1v) is 9.56. The highest BCUT2D eigenvalue weighted by atomic mass is 16.6. The van der Waals surface area contributed by atoms with Crippen LogP contribution in [0.5, 0.6) is 5.75 Å². The molecule has 0 fully saturated rings. The lowest BCUT2D eigenvalue weighted by molar-refractivity contribution is 0.158. The molecule has 0 heterocycles. The summed E-state index contributed by atoms with van der Waals surface area (Å²) < 4.78 is 5.67. The molecule has 0 bridgehead atoms. The summed E-state index contributed by atoms with van der Waals surface area (Å²) in [6.45, 7) is 5.13. The SMILES string of the molecule is CCN(CC)C(=O)Oc1ccc(Nc2ccc(N(C)C)cc2)c2ccccc12. The molecule has 3 aromatic rings. The van der Waals surface area contributed by atoms with Gasteiger partial charge in [-0.05, 0) is 50.2 Å². The standard InChI is InChI=1S/C23H27N3O2/c1-5-26(6-2)23(27)28-22-16-15-21(19-9-7-8-10-20(19)22)24-17-11-13-18(14-12-17)25(3)4/h7-16,24H,5-6H2,1-4H3. The lowest BCUT2D eigenvalue weighted by atomic mass is 10.1. The van der Waals surface area contributed by atoms with Crippen molar-refractivity contribution in [3.63, 3.8) is 0 Å². The van der Waals surface area contributed by atoms with Crippen LogP contribution in [0.15, 0.2) is 60.7 Å². The van der Waals surface area contributed by atoms with Crippen LogP contribution in [-0.2, 0) is 0 Å². The molecule has 3 rings (SSSR count). The number of nitrogens with zero attached hydrogens (tertiary/aromatic N) is 2. The predicted octanol–water partition coefficient (Wildman–Crippen LogP) is 5.49. The van der Waals surface area contributed by atoms with Gasteiger partial charge in [-0.25, -0.2) is 4.79 Å². The number of benzene rings is 3. The molecule has 0 aliphatic rings. The maximum atomic E-state index is 12.4. The van der Waals surface area contributed by atoms with Crippen LogP contribution in [-0.4, -0.2) is 38.2 Å². The van der Waals surface area contributed by atoms with Crippen molar-refractivity contribution >= 4 is 33.9 Å². The van der Waals surface area contributed by atoms with Crippen LogP contribution >= 0.6 is 0 Å². The van der Waals surface area contributed by atoms with Crippen LogP contribution in [0.4, 0.5) is 21.9 Å². The van der Waals surface area contributed by atoms with Crippen LogP contribution in [0.2, 0.25) is 0 Å². The molecule has 1 N–H and O–H groups in total. The number of hydrogen-bond donors (Lipinski definition) is 1. The summed E-state index contributed by atoms with van der Waals surface area (Å²) >= 11 is 0. The second-order valence-corrected chi connectivity index (χ2v) is 6.76. The average Bonchev–Trinajstić information content (AvgIpc) is 2.71. The van der Waals surface area contributed by atoms with Crippen molar-refractivity contribution in [1.82, 2.24) is 4.90 Å². The van der Waals surface area contributed by atoms with E-state index in [0.717, 1.165) is 27.8 Å². The minimum atomic E-state index is -0.324. The van der Waals surface area contributed by atoms with E-state index in [2.05, 4.69) is 34.5 Å². The maximum absolute atomic E-state index is 12.4. The van der Waals surface area contributed by atoms with E-state index >= 15 is 0 Å². The Bertz CT molecular complexity index is 948. The Morgan fingerprint density at radius 2 is 1.54 bits per heavy atom. The Kier molecular flexibility index (Phi) is 6.04. The summed E-state index contributed by atoms with van der Waals surface area (Å²) in [5.74, 6) is 0.570. The summed E-state index contributed by atoms with van der Waals surface area (Å²) in [5, 5.41) is 5.37. The highest BCUT2D eigenvalue weighted by Crippen LogP contribution is 2.33. The number of amides is 1.